The van der Waals surface area contributed by atoms with Crippen LogP contribution in [0.3, 0.4) is 0 Å². The van der Waals surface area contributed by atoms with Gasteiger partial charge in [-0.15, -0.1) is 0 Å². The normalized spacial score (nSPS) is 9.93. The van der Waals surface area contributed by atoms with Crippen LogP contribution in [0.2, 0.25) is 0 Å². The predicted molar refractivity (Wildman–Crippen MR) is 57.8 cm³/mol. The molecule has 0 aliphatic heterocycles. The van der Waals surface area contributed by atoms with Crippen LogP contribution in [-0.2, 0) is 0 Å². The first-order valence-corrected chi connectivity index (χ1v) is 4.87. The summed E-state index contributed by atoms with van der Waals surface area (Å²) in [6.07, 6.45) is 0. The summed E-state index contributed by atoms with van der Waals surface area (Å²) in [5, 5.41) is 0. The van der Waals surface area contributed by atoms with Gasteiger partial charge < -0.3 is 10.5 Å². The number of benzene rings is 1. The lowest BCUT2D eigenvalue weighted by Crippen LogP contribution is -2.09. The maximum Gasteiger partial charge on any atom is 0.137 e. The Morgan fingerprint density at radius 1 is 1.57 bits per heavy atom. The van der Waals surface area contributed by atoms with Gasteiger partial charge in [0.1, 0.15) is 18.2 Å². The minimum Gasteiger partial charge on any atom is -0.489 e. The first kappa shape index (κ1) is 11.2. The molecule has 0 saturated heterocycles. The fraction of sp³-hybridized carbons (Fsp3) is 0.200. The first-order chi connectivity index (χ1) is 6.63. The van der Waals surface area contributed by atoms with Gasteiger partial charge in [-0.05, 0) is 39.7 Å². The topological polar surface area (TPSA) is 35.2 Å². The Morgan fingerprint density at radius 3 is 2.86 bits per heavy atom. The standard InChI is InChI=1S/C10H11BrFNO/c1-7(5-13)6-14-8-2-3-10(12)9(11)4-8/h2-4H,1,5-6,13H2. The molecule has 0 bridgehead atoms. The number of halogens is 2. The lowest BCUT2D eigenvalue weighted by Gasteiger charge is -2.07. The molecule has 1 rings (SSSR count). The van der Waals surface area contributed by atoms with Crippen LogP contribution in [-0.4, -0.2) is 13.2 Å². The van der Waals surface area contributed by atoms with E-state index in [2.05, 4.69) is 22.5 Å². The molecule has 2 N–H and O–H groups in total. The van der Waals surface area contributed by atoms with E-state index in [1.54, 1.807) is 12.1 Å². The van der Waals surface area contributed by atoms with Crippen LogP contribution in [0.4, 0.5) is 4.39 Å². The summed E-state index contributed by atoms with van der Waals surface area (Å²) in [7, 11) is 0. The van der Waals surface area contributed by atoms with Gasteiger partial charge in [0.05, 0.1) is 4.47 Å². The van der Waals surface area contributed by atoms with Crippen molar-refractivity contribution in [1.82, 2.24) is 0 Å². The average molecular weight is 260 g/mol. The molecule has 76 valence electrons. The van der Waals surface area contributed by atoms with E-state index >= 15 is 0 Å². The van der Waals surface area contributed by atoms with Crippen LogP contribution in [0.25, 0.3) is 0 Å². The maximum absolute atomic E-state index is 12.8. The minimum absolute atomic E-state index is 0.310. The molecule has 1 aromatic carbocycles. The molecule has 0 fully saturated rings. The number of hydrogen-bond acceptors (Lipinski definition) is 2. The molecule has 1 aromatic rings. The highest BCUT2D eigenvalue weighted by Gasteiger charge is 2.01. The van der Waals surface area contributed by atoms with Crippen molar-refractivity contribution >= 4 is 15.9 Å². The highest BCUT2D eigenvalue weighted by atomic mass is 79.9. The van der Waals surface area contributed by atoms with Gasteiger partial charge in [0.2, 0.25) is 0 Å². The first-order valence-electron chi connectivity index (χ1n) is 4.08. The Balaban J connectivity index is 2.60. The van der Waals surface area contributed by atoms with Crippen molar-refractivity contribution in [3.63, 3.8) is 0 Å². The number of ether oxygens (including phenoxy) is 1. The molecule has 0 aliphatic rings. The van der Waals surface area contributed by atoms with Crippen molar-refractivity contribution < 1.29 is 9.13 Å². The molecule has 0 radical (unpaired) electrons. The fourth-order valence-corrected chi connectivity index (χ4v) is 1.17. The van der Waals surface area contributed by atoms with E-state index in [1.807, 2.05) is 0 Å². The van der Waals surface area contributed by atoms with E-state index in [1.165, 1.54) is 6.07 Å². The molecule has 4 heteroatoms. The Morgan fingerprint density at radius 2 is 2.29 bits per heavy atom. The number of rotatable bonds is 4. The molecule has 0 aliphatic carbocycles. The minimum atomic E-state index is -0.310. The molecule has 0 heterocycles. The van der Waals surface area contributed by atoms with Crippen molar-refractivity contribution in [2.24, 2.45) is 5.73 Å². The fourth-order valence-electron chi connectivity index (χ4n) is 0.811. The molecule has 2 nitrogen and oxygen atoms in total. The maximum atomic E-state index is 12.8. The van der Waals surface area contributed by atoms with Crippen LogP contribution >= 0.6 is 15.9 Å². The van der Waals surface area contributed by atoms with Crippen molar-refractivity contribution in [2.45, 2.75) is 0 Å². The highest BCUT2D eigenvalue weighted by molar-refractivity contribution is 9.10. The summed E-state index contributed by atoms with van der Waals surface area (Å²) in [5.74, 6) is 0.280. The second kappa shape index (κ2) is 5.12. The zero-order chi connectivity index (χ0) is 10.6. The van der Waals surface area contributed by atoms with Crippen LogP contribution in [0.5, 0.6) is 5.75 Å². The zero-order valence-corrected chi connectivity index (χ0v) is 9.18. The molecule has 0 spiro atoms. The molecule has 0 unspecified atom stereocenters. The van der Waals surface area contributed by atoms with E-state index in [0.29, 0.717) is 23.4 Å². The summed E-state index contributed by atoms with van der Waals surface area (Å²) in [4.78, 5) is 0. The largest absolute Gasteiger partial charge is 0.489 e. The second-order valence-corrected chi connectivity index (χ2v) is 3.67. The van der Waals surface area contributed by atoms with Crippen LogP contribution < -0.4 is 10.5 Å². The Kier molecular flexibility index (Phi) is 4.10. The quantitative estimate of drug-likeness (QED) is 0.844. The van der Waals surface area contributed by atoms with Gasteiger partial charge in [0, 0.05) is 6.54 Å². The summed E-state index contributed by atoms with van der Waals surface area (Å²) < 4.78 is 18.5. The van der Waals surface area contributed by atoms with E-state index in [-0.39, 0.29) is 5.82 Å². The molecular weight excluding hydrogens is 249 g/mol. The van der Waals surface area contributed by atoms with Crippen LogP contribution in [0.1, 0.15) is 0 Å². The molecule has 0 amide bonds. The summed E-state index contributed by atoms with van der Waals surface area (Å²) in [6, 6.07) is 4.47. The SMILES string of the molecule is C=C(CN)COc1ccc(F)c(Br)c1. The summed E-state index contributed by atoms with van der Waals surface area (Å²) in [6.45, 7) is 4.44. The third-order valence-corrected chi connectivity index (χ3v) is 2.23. The monoisotopic (exact) mass is 259 g/mol. The molecule has 0 atom stereocenters. The molecule has 14 heavy (non-hydrogen) atoms. The second-order valence-electron chi connectivity index (χ2n) is 2.82. The average Bonchev–Trinajstić information content (AvgIpc) is 2.19. The van der Waals surface area contributed by atoms with Gasteiger partial charge in [-0.1, -0.05) is 6.58 Å². The van der Waals surface area contributed by atoms with E-state index < -0.39 is 0 Å². The Hall–Kier alpha value is -0.870. The van der Waals surface area contributed by atoms with Crippen LogP contribution in [0, 0.1) is 5.82 Å². The zero-order valence-electron chi connectivity index (χ0n) is 7.59. The summed E-state index contributed by atoms with van der Waals surface area (Å²) >= 11 is 3.07. The Labute approximate surface area is 90.7 Å². The lowest BCUT2D eigenvalue weighted by molar-refractivity contribution is 0.350. The van der Waals surface area contributed by atoms with Gasteiger partial charge in [0.25, 0.3) is 0 Å². The molecule has 0 saturated carbocycles. The molecular formula is C10H11BrFNO. The van der Waals surface area contributed by atoms with E-state index in [0.717, 1.165) is 5.57 Å². The van der Waals surface area contributed by atoms with Crippen LogP contribution in [0.15, 0.2) is 34.8 Å². The number of hydrogen-bond donors (Lipinski definition) is 1. The Bertz CT molecular complexity index is 341. The van der Waals surface area contributed by atoms with Gasteiger partial charge in [-0.3, -0.25) is 0 Å². The van der Waals surface area contributed by atoms with Gasteiger partial charge >= 0.3 is 0 Å². The van der Waals surface area contributed by atoms with Gasteiger partial charge in [-0.2, -0.15) is 0 Å². The third kappa shape index (κ3) is 3.12. The van der Waals surface area contributed by atoms with Gasteiger partial charge in [-0.25, -0.2) is 4.39 Å². The number of nitrogens with two attached hydrogens (primary N) is 1. The smallest absolute Gasteiger partial charge is 0.137 e. The van der Waals surface area contributed by atoms with Crippen molar-refractivity contribution in [3.8, 4) is 5.75 Å². The van der Waals surface area contributed by atoms with Gasteiger partial charge in [0.15, 0.2) is 0 Å². The predicted octanol–water partition coefficient (Wildman–Crippen LogP) is 2.48. The third-order valence-electron chi connectivity index (χ3n) is 1.62. The summed E-state index contributed by atoms with van der Waals surface area (Å²) in [5.41, 5.74) is 6.14. The van der Waals surface area contributed by atoms with Crippen molar-refractivity contribution in [3.05, 3.63) is 40.6 Å². The van der Waals surface area contributed by atoms with Crippen molar-refractivity contribution in [1.29, 1.82) is 0 Å². The van der Waals surface area contributed by atoms with Crippen molar-refractivity contribution in [2.75, 3.05) is 13.2 Å². The highest BCUT2D eigenvalue weighted by Crippen LogP contribution is 2.21. The van der Waals surface area contributed by atoms with E-state index in [4.69, 9.17) is 10.5 Å². The molecule has 0 aromatic heterocycles. The lowest BCUT2D eigenvalue weighted by atomic mass is 10.3. The van der Waals surface area contributed by atoms with E-state index in [9.17, 15) is 4.39 Å².